The normalized spacial score (nSPS) is 18.0. The first-order chi connectivity index (χ1) is 14.3. The van der Waals surface area contributed by atoms with E-state index in [9.17, 15) is 9.90 Å². The second-order valence-corrected chi connectivity index (χ2v) is 8.44. The zero-order valence-corrected chi connectivity index (χ0v) is 20.0. The summed E-state index contributed by atoms with van der Waals surface area (Å²) in [6.07, 6.45) is 1.24. The molecule has 1 amide bonds. The Morgan fingerprint density at radius 1 is 1.03 bits per heavy atom. The van der Waals surface area contributed by atoms with Gasteiger partial charge in [-0.3, -0.25) is 4.79 Å². The van der Waals surface area contributed by atoms with E-state index in [1.807, 2.05) is 27.7 Å². The van der Waals surface area contributed by atoms with E-state index in [1.54, 1.807) is 0 Å². The highest BCUT2D eigenvalue weighted by Crippen LogP contribution is 2.43. The molecule has 170 valence electrons. The lowest BCUT2D eigenvalue weighted by atomic mass is 9.86. The molecule has 1 aromatic carbocycles. The summed E-state index contributed by atoms with van der Waals surface area (Å²) in [5, 5.41) is 14.0. The van der Waals surface area contributed by atoms with E-state index in [1.165, 1.54) is 0 Å². The van der Waals surface area contributed by atoms with Crippen LogP contribution in [0.3, 0.4) is 0 Å². The monoisotopic (exact) mass is 487 g/mol. The van der Waals surface area contributed by atoms with Crippen LogP contribution in [0.4, 0.5) is 0 Å². The molecule has 2 N–H and O–H groups in total. The van der Waals surface area contributed by atoms with Crippen molar-refractivity contribution in [3.8, 4) is 11.5 Å². The molecule has 0 aromatic heterocycles. The minimum atomic E-state index is -0.939. The van der Waals surface area contributed by atoms with Gasteiger partial charge in [-0.05, 0) is 50.8 Å². The summed E-state index contributed by atoms with van der Waals surface area (Å²) < 4.78 is 22.4. The third-order valence-electron chi connectivity index (χ3n) is 5.50. The Labute approximate surface area is 187 Å². The highest BCUT2D eigenvalue weighted by Gasteiger charge is 2.40. The SMILES string of the molecule is Cc1c(C)c2c(c(C)c1O)CCC(C)(C(=O)NCCOCCOCCOCCBr)O2. The average Bonchev–Trinajstić information content (AvgIpc) is 2.74. The Morgan fingerprint density at radius 3 is 2.27 bits per heavy atom. The first kappa shape index (κ1) is 24.9. The van der Waals surface area contributed by atoms with Crippen molar-refractivity contribution >= 4 is 21.8 Å². The lowest BCUT2D eigenvalue weighted by Gasteiger charge is -2.36. The van der Waals surface area contributed by atoms with Crippen molar-refractivity contribution in [1.29, 1.82) is 0 Å². The fourth-order valence-electron chi connectivity index (χ4n) is 3.43. The van der Waals surface area contributed by atoms with Gasteiger partial charge in [-0.25, -0.2) is 0 Å². The van der Waals surface area contributed by atoms with Crippen molar-refractivity contribution in [3.05, 3.63) is 22.3 Å². The van der Waals surface area contributed by atoms with Crippen molar-refractivity contribution in [1.82, 2.24) is 5.32 Å². The summed E-state index contributed by atoms with van der Waals surface area (Å²) >= 11 is 3.29. The molecule has 1 atom stereocenters. The lowest BCUT2D eigenvalue weighted by Crippen LogP contribution is -2.51. The minimum Gasteiger partial charge on any atom is -0.507 e. The molecule has 0 aliphatic carbocycles. The number of hydrogen-bond acceptors (Lipinski definition) is 6. The highest BCUT2D eigenvalue weighted by molar-refractivity contribution is 9.09. The van der Waals surface area contributed by atoms with E-state index in [4.69, 9.17) is 18.9 Å². The maximum Gasteiger partial charge on any atom is 0.263 e. The van der Waals surface area contributed by atoms with Crippen LogP contribution in [0, 0.1) is 20.8 Å². The van der Waals surface area contributed by atoms with E-state index < -0.39 is 5.60 Å². The van der Waals surface area contributed by atoms with Gasteiger partial charge in [-0.1, -0.05) is 15.9 Å². The molecular formula is C22H34BrNO6. The number of hydrogen-bond donors (Lipinski definition) is 2. The standard InChI is InChI=1S/C22H34BrNO6/c1-15-16(2)20-18(17(3)19(15)25)5-6-22(4,30-20)21(26)24-8-10-28-12-14-29-13-11-27-9-7-23/h25H,5-14H2,1-4H3,(H,24,26). The number of nitrogens with one attached hydrogen (secondary N) is 1. The average molecular weight is 488 g/mol. The molecule has 0 saturated carbocycles. The second kappa shape index (κ2) is 11.9. The Hall–Kier alpha value is -1.35. The van der Waals surface area contributed by atoms with E-state index >= 15 is 0 Å². The molecule has 0 spiro atoms. The molecular weight excluding hydrogens is 454 g/mol. The fraction of sp³-hybridized carbons (Fsp3) is 0.682. The van der Waals surface area contributed by atoms with Crippen LogP contribution >= 0.6 is 15.9 Å². The molecule has 0 saturated heterocycles. The molecule has 30 heavy (non-hydrogen) atoms. The number of ether oxygens (including phenoxy) is 4. The Balaban J connectivity index is 1.73. The van der Waals surface area contributed by atoms with Gasteiger partial charge in [-0.2, -0.15) is 0 Å². The molecule has 1 unspecified atom stereocenters. The number of fused-ring (bicyclic) bond motifs is 1. The molecule has 0 fully saturated rings. The first-order valence-electron chi connectivity index (χ1n) is 10.4. The number of rotatable bonds is 12. The Kier molecular flexibility index (Phi) is 9.87. The van der Waals surface area contributed by atoms with Gasteiger partial charge in [0, 0.05) is 23.9 Å². The summed E-state index contributed by atoms with van der Waals surface area (Å²) in [5.41, 5.74) is 2.56. The third-order valence-corrected chi connectivity index (χ3v) is 5.82. The van der Waals surface area contributed by atoms with Gasteiger partial charge in [0.25, 0.3) is 5.91 Å². The Morgan fingerprint density at radius 2 is 1.63 bits per heavy atom. The lowest BCUT2D eigenvalue weighted by molar-refractivity contribution is -0.137. The Bertz CT molecular complexity index is 726. The van der Waals surface area contributed by atoms with Crippen LogP contribution in [-0.2, 0) is 25.4 Å². The van der Waals surface area contributed by atoms with Crippen LogP contribution < -0.4 is 10.1 Å². The number of benzene rings is 1. The molecule has 1 heterocycles. The minimum absolute atomic E-state index is 0.153. The smallest absolute Gasteiger partial charge is 0.263 e. The van der Waals surface area contributed by atoms with Gasteiger partial charge in [-0.15, -0.1) is 0 Å². The van der Waals surface area contributed by atoms with Crippen LogP contribution in [0.5, 0.6) is 11.5 Å². The topological polar surface area (TPSA) is 86.3 Å². The zero-order valence-electron chi connectivity index (χ0n) is 18.4. The second-order valence-electron chi connectivity index (χ2n) is 7.65. The largest absolute Gasteiger partial charge is 0.507 e. The maximum atomic E-state index is 12.8. The van der Waals surface area contributed by atoms with Crippen molar-refractivity contribution in [2.24, 2.45) is 0 Å². The number of phenolic OH excluding ortho intramolecular Hbond substituents is 1. The van der Waals surface area contributed by atoms with Gasteiger partial charge < -0.3 is 29.4 Å². The van der Waals surface area contributed by atoms with E-state index in [0.29, 0.717) is 64.8 Å². The van der Waals surface area contributed by atoms with Gasteiger partial charge in [0.2, 0.25) is 0 Å². The number of carbonyl (C=O) groups is 1. The van der Waals surface area contributed by atoms with Gasteiger partial charge >= 0.3 is 0 Å². The molecule has 0 bridgehead atoms. The fourth-order valence-corrected chi connectivity index (χ4v) is 3.66. The highest BCUT2D eigenvalue weighted by atomic mass is 79.9. The molecule has 2 rings (SSSR count). The van der Waals surface area contributed by atoms with Crippen molar-refractivity contribution < 1.29 is 28.8 Å². The molecule has 7 nitrogen and oxygen atoms in total. The molecule has 1 aliphatic heterocycles. The first-order valence-corrected chi connectivity index (χ1v) is 11.5. The van der Waals surface area contributed by atoms with Crippen molar-refractivity contribution in [2.45, 2.75) is 46.1 Å². The van der Waals surface area contributed by atoms with Gasteiger partial charge in [0.15, 0.2) is 5.60 Å². The summed E-state index contributed by atoms with van der Waals surface area (Å²) in [5.74, 6) is 0.885. The summed E-state index contributed by atoms with van der Waals surface area (Å²) in [4.78, 5) is 12.8. The predicted octanol–water partition coefficient (Wildman–Crippen LogP) is 2.96. The quantitative estimate of drug-likeness (QED) is 0.348. The number of alkyl halides is 1. The summed E-state index contributed by atoms with van der Waals surface area (Å²) in [7, 11) is 0. The van der Waals surface area contributed by atoms with Gasteiger partial charge in [0.1, 0.15) is 11.5 Å². The molecule has 1 aliphatic rings. The van der Waals surface area contributed by atoms with Crippen molar-refractivity contribution in [3.63, 3.8) is 0 Å². The van der Waals surface area contributed by atoms with E-state index in [-0.39, 0.29) is 5.91 Å². The molecule has 0 radical (unpaired) electrons. The zero-order chi connectivity index (χ0) is 22.1. The summed E-state index contributed by atoms with van der Waals surface area (Å²) in [6.45, 7) is 11.1. The van der Waals surface area contributed by atoms with Crippen LogP contribution in [0.15, 0.2) is 0 Å². The van der Waals surface area contributed by atoms with E-state index in [2.05, 4.69) is 21.2 Å². The maximum absolute atomic E-state index is 12.8. The number of halogens is 1. The van der Waals surface area contributed by atoms with Crippen LogP contribution in [0.25, 0.3) is 0 Å². The van der Waals surface area contributed by atoms with Crippen LogP contribution in [0.1, 0.15) is 35.6 Å². The third kappa shape index (κ3) is 6.33. The van der Waals surface area contributed by atoms with Crippen LogP contribution in [-0.4, -0.2) is 68.1 Å². The molecule has 8 heteroatoms. The molecule has 1 aromatic rings. The predicted molar refractivity (Wildman–Crippen MR) is 119 cm³/mol. The number of aromatic hydroxyl groups is 1. The number of phenols is 1. The van der Waals surface area contributed by atoms with Crippen molar-refractivity contribution in [2.75, 3.05) is 51.5 Å². The van der Waals surface area contributed by atoms with Gasteiger partial charge in [0.05, 0.1) is 39.6 Å². The summed E-state index contributed by atoms with van der Waals surface area (Å²) in [6, 6.07) is 0. The van der Waals surface area contributed by atoms with E-state index in [0.717, 1.165) is 33.3 Å². The number of amides is 1. The number of carbonyl (C=O) groups excluding carboxylic acids is 1. The van der Waals surface area contributed by atoms with Crippen LogP contribution in [0.2, 0.25) is 0 Å².